The van der Waals surface area contributed by atoms with Gasteiger partial charge in [0.15, 0.2) is 0 Å². The second kappa shape index (κ2) is 9.38. The van der Waals surface area contributed by atoms with Crippen LogP contribution < -0.4 is 0 Å². The van der Waals surface area contributed by atoms with E-state index >= 15 is 0 Å². The average Bonchev–Trinajstić information content (AvgIpc) is 2.73. The van der Waals surface area contributed by atoms with Crippen LogP contribution in [0.25, 0.3) is 0 Å². The summed E-state index contributed by atoms with van der Waals surface area (Å²) in [4.78, 5) is 0. The summed E-state index contributed by atoms with van der Waals surface area (Å²) >= 11 is 0. The maximum atomic E-state index is 3.97. The third kappa shape index (κ3) is 4.07. The first kappa shape index (κ1) is 18.5. The van der Waals surface area contributed by atoms with Crippen molar-refractivity contribution in [3.8, 4) is 0 Å². The first-order chi connectivity index (χ1) is 12.9. The molecule has 0 nitrogen and oxygen atoms in total. The van der Waals surface area contributed by atoms with Crippen molar-refractivity contribution in [2.45, 2.75) is 43.9 Å². The molecule has 133 valence electrons. The third-order valence-electron chi connectivity index (χ3n) is 5.35. The van der Waals surface area contributed by atoms with E-state index in [0.717, 1.165) is 12.8 Å². The van der Waals surface area contributed by atoms with Gasteiger partial charge < -0.3 is 0 Å². The molecule has 3 rings (SSSR count). The third-order valence-corrected chi connectivity index (χ3v) is 5.35. The second-order valence-electron chi connectivity index (χ2n) is 7.02. The topological polar surface area (TPSA) is 0 Å². The molecular formula is C26H29. The predicted molar refractivity (Wildman–Crippen MR) is 112 cm³/mol. The van der Waals surface area contributed by atoms with Gasteiger partial charge in [0.25, 0.3) is 0 Å². The average molecular weight is 342 g/mol. The lowest BCUT2D eigenvalue weighted by atomic mass is 9.66. The standard InChI is InChI=1S/C26H29/c1-2-3-4-5-15-22-26(23-16-9-6-10-17-23,24-18-11-7-12-19-24)25-20-13-8-14-21-25/h6-14,16-21H,1-5,15,22H2. The largest absolute Gasteiger partial charge is 0.0622 e. The number of unbranched alkanes of at least 4 members (excludes halogenated alkanes) is 4. The van der Waals surface area contributed by atoms with Crippen molar-refractivity contribution in [3.05, 3.63) is 115 Å². The van der Waals surface area contributed by atoms with E-state index in [9.17, 15) is 0 Å². The van der Waals surface area contributed by atoms with Crippen molar-refractivity contribution >= 4 is 0 Å². The van der Waals surface area contributed by atoms with Crippen LogP contribution in [-0.2, 0) is 5.41 Å². The van der Waals surface area contributed by atoms with Crippen molar-refractivity contribution in [2.24, 2.45) is 0 Å². The second-order valence-corrected chi connectivity index (χ2v) is 7.02. The Morgan fingerprint density at radius 3 is 1.27 bits per heavy atom. The van der Waals surface area contributed by atoms with Crippen molar-refractivity contribution in [1.82, 2.24) is 0 Å². The minimum Gasteiger partial charge on any atom is -0.0622 e. The normalized spacial score (nSPS) is 11.4. The number of benzene rings is 3. The lowest BCUT2D eigenvalue weighted by molar-refractivity contribution is 0.504. The molecule has 3 aromatic carbocycles. The molecule has 0 aliphatic carbocycles. The first-order valence-corrected chi connectivity index (χ1v) is 9.84. The summed E-state index contributed by atoms with van der Waals surface area (Å²) in [5.41, 5.74) is 4.06. The molecule has 0 aromatic heterocycles. The van der Waals surface area contributed by atoms with E-state index < -0.39 is 0 Å². The smallest absolute Gasteiger partial charge is 0.0451 e. The molecule has 0 saturated heterocycles. The zero-order valence-electron chi connectivity index (χ0n) is 15.6. The molecule has 0 heterocycles. The Bertz CT molecular complexity index is 647. The Balaban J connectivity index is 2.06. The van der Waals surface area contributed by atoms with E-state index in [1.54, 1.807) is 0 Å². The van der Waals surface area contributed by atoms with Gasteiger partial charge in [-0.25, -0.2) is 0 Å². The molecule has 1 radical (unpaired) electrons. The van der Waals surface area contributed by atoms with Gasteiger partial charge in [0.2, 0.25) is 0 Å². The fourth-order valence-corrected chi connectivity index (χ4v) is 4.02. The molecule has 0 amide bonds. The highest BCUT2D eigenvalue weighted by molar-refractivity contribution is 5.50. The van der Waals surface area contributed by atoms with Crippen LogP contribution in [0.15, 0.2) is 91.0 Å². The van der Waals surface area contributed by atoms with Crippen LogP contribution in [0.2, 0.25) is 0 Å². The van der Waals surface area contributed by atoms with Crippen LogP contribution in [0.5, 0.6) is 0 Å². The van der Waals surface area contributed by atoms with Gasteiger partial charge in [-0.05, 0) is 23.1 Å². The number of hydrogen-bond donors (Lipinski definition) is 0. The van der Waals surface area contributed by atoms with E-state index in [1.807, 2.05) is 0 Å². The molecule has 26 heavy (non-hydrogen) atoms. The lowest BCUT2D eigenvalue weighted by Crippen LogP contribution is -2.29. The zero-order valence-corrected chi connectivity index (χ0v) is 15.6. The molecule has 0 aliphatic rings. The summed E-state index contributed by atoms with van der Waals surface area (Å²) in [5.74, 6) is 0. The van der Waals surface area contributed by atoms with Gasteiger partial charge in [-0.1, -0.05) is 130 Å². The van der Waals surface area contributed by atoms with Crippen LogP contribution in [0, 0.1) is 6.92 Å². The van der Waals surface area contributed by atoms with Gasteiger partial charge in [0.05, 0.1) is 0 Å². The van der Waals surface area contributed by atoms with Crippen LogP contribution in [0.4, 0.5) is 0 Å². The maximum absolute atomic E-state index is 3.97. The van der Waals surface area contributed by atoms with E-state index in [4.69, 9.17) is 0 Å². The van der Waals surface area contributed by atoms with Crippen LogP contribution in [0.1, 0.15) is 55.2 Å². The van der Waals surface area contributed by atoms with Crippen molar-refractivity contribution in [2.75, 3.05) is 0 Å². The molecule has 0 heteroatoms. The molecule has 0 aliphatic heterocycles. The Kier molecular flexibility index (Phi) is 6.66. The molecule has 0 spiro atoms. The summed E-state index contributed by atoms with van der Waals surface area (Å²) in [5, 5.41) is 0. The van der Waals surface area contributed by atoms with Crippen molar-refractivity contribution < 1.29 is 0 Å². The first-order valence-electron chi connectivity index (χ1n) is 9.84. The van der Waals surface area contributed by atoms with Gasteiger partial charge in [0.1, 0.15) is 0 Å². The SMILES string of the molecule is [CH2]CCCCCCC(c1ccccc1)(c1ccccc1)c1ccccc1. The molecule has 3 aromatic rings. The van der Waals surface area contributed by atoms with Gasteiger partial charge in [-0.2, -0.15) is 0 Å². The van der Waals surface area contributed by atoms with Crippen LogP contribution in [0.3, 0.4) is 0 Å². The van der Waals surface area contributed by atoms with E-state index in [2.05, 4.69) is 97.9 Å². The van der Waals surface area contributed by atoms with Crippen LogP contribution in [-0.4, -0.2) is 0 Å². The minimum absolute atomic E-state index is 0.0890. The summed E-state index contributed by atoms with van der Waals surface area (Å²) in [6.07, 6.45) is 7.17. The quantitative estimate of drug-likeness (QED) is 0.285. The molecule has 0 fully saturated rings. The number of hydrogen-bond acceptors (Lipinski definition) is 0. The highest BCUT2D eigenvalue weighted by Gasteiger charge is 2.35. The van der Waals surface area contributed by atoms with Gasteiger partial charge in [0, 0.05) is 5.41 Å². The highest BCUT2D eigenvalue weighted by atomic mass is 14.4. The monoisotopic (exact) mass is 341 g/mol. The predicted octanol–water partition coefficient (Wildman–Crippen LogP) is 7.20. The Hall–Kier alpha value is -2.34. The molecule has 0 bridgehead atoms. The Labute approximate surface area is 158 Å². The summed E-state index contributed by atoms with van der Waals surface area (Å²) in [6.45, 7) is 3.97. The molecule has 0 unspecified atom stereocenters. The van der Waals surface area contributed by atoms with E-state index in [1.165, 1.54) is 42.4 Å². The molecule has 0 N–H and O–H groups in total. The summed E-state index contributed by atoms with van der Waals surface area (Å²) in [7, 11) is 0. The van der Waals surface area contributed by atoms with Crippen molar-refractivity contribution in [3.63, 3.8) is 0 Å². The minimum atomic E-state index is -0.0890. The fourth-order valence-electron chi connectivity index (χ4n) is 4.02. The Morgan fingerprint density at radius 2 is 0.885 bits per heavy atom. The zero-order chi connectivity index (χ0) is 18.1. The lowest BCUT2D eigenvalue weighted by Gasteiger charge is -2.36. The van der Waals surface area contributed by atoms with Crippen molar-refractivity contribution in [1.29, 1.82) is 0 Å². The maximum Gasteiger partial charge on any atom is 0.0451 e. The number of rotatable bonds is 9. The van der Waals surface area contributed by atoms with Gasteiger partial charge >= 0.3 is 0 Å². The van der Waals surface area contributed by atoms with Gasteiger partial charge in [-0.3, -0.25) is 0 Å². The van der Waals surface area contributed by atoms with Gasteiger partial charge in [-0.15, -0.1) is 0 Å². The molecule has 0 atom stereocenters. The highest BCUT2D eigenvalue weighted by Crippen LogP contribution is 2.43. The van der Waals surface area contributed by atoms with E-state index in [0.29, 0.717) is 0 Å². The molecular weight excluding hydrogens is 312 g/mol. The fraction of sp³-hybridized carbons (Fsp3) is 0.269. The Morgan fingerprint density at radius 1 is 0.500 bits per heavy atom. The van der Waals surface area contributed by atoms with E-state index in [-0.39, 0.29) is 5.41 Å². The van der Waals surface area contributed by atoms with Crippen LogP contribution >= 0.6 is 0 Å². The summed E-state index contributed by atoms with van der Waals surface area (Å²) < 4.78 is 0. The summed E-state index contributed by atoms with van der Waals surface area (Å²) in [6, 6.07) is 33.0. The molecule has 0 saturated carbocycles.